The molecule has 15 nitrogen and oxygen atoms in total. The fourth-order valence-corrected chi connectivity index (χ4v) is 6.39. The van der Waals surface area contributed by atoms with E-state index in [1.54, 1.807) is 75.2 Å². The van der Waals surface area contributed by atoms with Crippen molar-refractivity contribution >= 4 is 52.3 Å². The number of ether oxygens (including phenoxy) is 3. The zero-order valence-electron chi connectivity index (χ0n) is 35.4. The number of amides is 5. The molecule has 4 aromatic rings. The second kappa shape index (κ2) is 19.1. The third kappa shape index (κ3) is 12.7. The predicted octanol–water partition coefficient (Wildman–Crippen LogP) is 7.44. The largest absolute Gasteiger partial charge is 0.491 e. The first-order valence-corrected chi connectivity index (χ1v) is 20.0. The van der Waals surface area contributed by atoms with Gasteiger partial charge in [0.2, 0.25) is 5.91 Å². The minimum Gasteiger partial charge on any atom is -0.491 e. The number of alkyl carbamates (subject to hydrolysis) is 1. The Balaban J connectivity index is 1.09. The summed E-state index contributed by atoms with van der Waals surface area (Å²) in [5, 5.41) is 5.55. The van der Waals surface area contributed by atoms with Crippen LogP contribution in [0.1, 0.15) is 99.3 Å². The number of carbonyl (C=O) groups is 5. The summed E-state index contributed by atoms with van der Waals surface area (Å²) in [6.45, 7) is 15.2. The van der Waals surface area contributed by atoms with Crippen molar-refractivity contribution in [2.45, 2.75) is 91.9 Å². The summed E-state index contributed by atoms with van der Waals surface area (Å²) in [4.78, 5) is 76.9. The molecular weight excluding hydrogens is 755 g/mol. The lowest BCUT2D eigenvalue weighted by Crippen LogP contribution is -2.51. The maximum absolute atomic E-state index is 13.6. The average Bonchev–Trinajstić information content (AvgIpc) is 3.60. The normalized spacial score (nSPS) is 13.2. The van der Waals surface area contributed by atoms with E-state index in [4.69, 9.17) is 14.2 Å². The molecule has 1 fully saturated rings. The lowest BCUT2D eigenvalue weighted by atomic mass is 10.1. The van der Waals surface area contributed by atoms with Crippen molar-refractivity contribution in [2.24, 2.45) is 0 Å². The quantitative estimate of drug-likeness (QED) is 0.116. The summed E-state index contributed by atoms with van der Waals surface area (Å²) in [5.41, 5.74) is 2.76. The van der Waals surface area contributed by atoms with Crippen LogP contribution >= 0.6 is 0 Å². The number of benzene rings is 3. The summed E-state index contributed by atoms with van der Waals surface area (Å²) >= 11 is 0. The monoisotopic (exact) mass is 811 g/mol. The number of para-hydroxylation sites is 1. The number of fused-ring (bicyclic) bond motifs is 1. The van der Waals surface area contributed by atoms with Crippen molar-refractivity contribution in [2.75, 3.05) is 50.1 Å². The molecule has 0 atom stereocenters. The zero-order chi connectivity index (χ0) is 42.9. The lowest BCUT2D eigenvalue weighted by molar-refractivity contribution is -0.133. The Hall–Kier alpha value is -6.12. The van der Waals surface area contributed by atoms with Crippen LogP contribution < -0.4 is 20.3 Å². The third-order valence-electron chi connectivity index (χ3n) is 9.35. The SMILES string of the molecule is Cc1ccc(N(C)C(=O)c2ccc(NC(=O)c3cccc4[nH]c(CNC(=O)OC(C)(C)C)nc34)cc2)c(OCCCCCC(=O)N2CCN(C(=O)OC(C)(C)C)CC2)c1. The van der Waals surface area contributed by atoms with E-state index < -0.39 is 17.3 Å². The molecule has 1 aromatic heterocycles. The molecule has 1 aliphatic heterocycles. The van der Waals surface area contributed by atoms with E-state index in [1.807, 2.05) is 50.8 Å². The van der Waals surface area contributed by atoms with Gasteiger partial charge in [-0.25, -0.2) is 14.6 Å². The van der Waals surface area contributed by atoms with E-state index in [0.717, 1.165) is 24.8 Å². The number of carbonyl (C=O) groups excluding carboxylic acids is 5. The van der Waals surface area contributed by atoms with Crippen LogP contribution in [0.15, 0.2) is 60.7 Å². The maximum atomic E-state index is 13.6. The number of nitrogens with one attached hydrogen (secondary N) is 3. The predicted molar refractivity (Wildman–Crippen MR) is 226 cm³/mol. The van der Waals surface area contributed by atoms with Crippen LogP contribution in [-0.4, -0.2) is 101 Å². The number of piperazine rings is 1. The van der Waals surface area contributed by atoms with Crippen LogP contribution in [0, 0.1) is 6.92 Å². The third-order valence-corrected chi connectivity index (χ3v) is 9.35. The molecule has 1 aliphatic rings. The van der Waals surface area contributed by atoms with Gasteiger partial charge >= 0.3 is 12.2 Å². The Morgan fingerprint density at radius 2 is 1.51 bits per heavy atom. The number of unbranched alkanes of at least 4 members (excludes halogenated alkanes) is 2. The number of aromatic nitrogens is 2. The standard InChI is InChI=1S/C44H57N7O8/c1-29-16-21-34(35(27-29)57-26-11-9-10-15-37(52)50-22-24-51(25-23-50)42(56)59-44(5,6)7)49(8)40(54)30-17-19-31(20-18-30)46-39(53)32-13-12-14-33-38(32)48-36(47-33)28-45-41(55)58-43(2,3)4/h12-14,16-21,27H,9-11,15,22-26,28H2,1-8H3,(H,45,55)(H,46,53)(H,47,48). The Kier molecular flexibility index (Phi) is 14.2. The smallest absolute Gasteiger partial charge is 0.410 e. The molecule has 0 radical (unpaired) electrons. The summed E-state index contributed by atoms with van der Waals surface area (Å²) in [5.74, 6) is 0.498. The summed E-state index contributed by atoms with van der Waals surface area (Å²) < 4.78 is 16.9. The number of imidazole rings is 1. The molecule has 2 heterocycles. The van der Waals surface area contributed by atoms with Gasteiger partial charge in [0, 0.05) is 50.9 Å². The topological polar surface area (TPSA) is 176 Å². The number of anilines is 2. The van der Waals surface area contributed by atoms with Crippen molar-refractivity contribution in [3.05, 3.63) is 83.2 Å². The van der Waals surface area contributed by atoms with E-state index >= 15 is 0 Å². The van der Waals surface area contributed by atoms with Crippen LogP contribution in [0.4, 0.5) is 21.0 Å². The van der Waals surface area contributed by atoms with Gasteiger partial charge in [0.25, 0.3) is 11.8 Å². The van der Waals surface area contributed by atoms with Crippen LogP contribution in [0.5, 0.6) is 5.75 Å². The lowest BCUT2D eigenvalue weighted by Gasteiger charge is -2.35. The van der Waals surface area contributed by atoms with Gasteiger partial charge in [-0.15, -0.1) is 0 Å². The Labute approximate surface area is 345 Å². The van der Waals surface area contributed by atoms with E-state index in [1.165, 1.54) is 4.90 Å². The molecule has 316 valence electrons. The molecule has 3 N–H and O–H groups in total. The molecule has 5 rings (SSSR count). The summed E-state index contributed by atoms with van der Waals surface area (Å²) in [7, 11) is 1.69. The van der Waals surface area contributed by atoms with Gasteiger partial charge in [0.15, 0.2) is 0 Å². The Morgan fingerprint density at radius 3 is 2.19 bits per heavy atom. The van der Waals surface area contributed by atoms with Gasteiger partial charge in [-0.3, -0.25) is 14.4 Å². The molecular formula is C44H57N7O8. The minimum absolute atomic E-state index is 0.0826. The van der Waals surface area contributed by atoms with Crippen LogP contribution in [0.25, 0.3) is 11.0 Å². The highest BCUT2D eigenvalue weighted by Gasteiger charge is 2.27. The van der Waals surface area contributed by atoms with Crippen molar-refractivity contribution in [3.8, 4) is 5.75 Å². The minimum atomic E-state index is -0.634. The Morgan fingerprint density at radius 1 is 0.831 bits per heavy atom. The second-order valence-corrected chi connectivity index (χ2v) is 16.6. The van der Waals surface area contributed by atoms with E-state index in [9.17, 15) is 24.0 Å². The number of aryl methyl sites for hydroxylation is 1. The first-order chi connectivity index (χ1) is 27.9. The van der Waals surface area contributed by atoms with Gasteiger partial charge < -0.3 is 44.5 Å². The molecule has 5 amide bonds. The molecule has 1 saturated heterocycles. The summed E-state index contributed by atoms with van der Waals surface area (Å²) in [6, 6.07) is 17.5. The molecule has 0 aliphatic carbocycles. The van der Waals surface area contributed by atoms with Gasteiger partial charge in [0.05, 0.1) is 29.9 Å². The van der Waals surface area contributed by atoms with E-state index in [0.29, 0.717) is 84.3 Å². The summed E-state index contributed by atoms with van der Waals surface area (Å²) in [6.07, 6.45) is 1.77. The maximum Gasteiger partial charge on any atom is 0.410 e. The van der Waals surface area contributed by atoms with Gasteiger partial charge in [-0.2, -0.15) is 0 Å². The van der Waals surface area contributed by atoms with E-state index in [-0.39, 0.29) is 30.4 Å². The molecule has 59 heavy (non-hydrogen) atoms. The highest BCUT2D eigenvalue weighted by molar-refractivity contribution is 6.12. The number of hydrogen-bond donors (Lipinski definition) is 3. The van der Waals surface area contributed by atoms with Crippen molar-refractivity contribution in [3.63, 3.8) is 0 Å². The fraction of sp³-hybridized carbons (Fsp3) is 0.455. The fourth-order valence-electron chi connectivity index (χ4n) is 6.39. The van der Waals surface area contributed by atoms with Crippen LogP contribution in [0.2, 0.25) is 0 Å². The van der Waals surface area contributed by atoms with Crippen molar-refractivity contribution in [1.29, 1.82) is 0 Å². The van der Waals surface area contributed by atoms with Crippen molar-refractivity contribution in [1.82, 2.24) is 25.1 Å². The van der Waals surface area contributed by atoms with Crippen molar-refractivity contribution < 1.29 is 38.2 Å². The van der Waals surface area contributed by atoms with Gasteiger partial charge in [0.1, 0.15) is 28.3 Å². The number of hydrogen-bond acceptors (Lipinski definition) is 9. The first kappa shape index (κ1) is 44.0. The molecule has 0 saturated carbocycles. The van der Waals surface area contributed by atoms with Crippen LogP contribution in [0.3, 0.4) is 0 Å². The van der Waals surface area contributed by atoms with E-state index in [2.05, 4.69) is 20.6 Å². The highest BCUT2D eigenvalue weighted by Crippen LogP contribution is 2.30. The molecule has 3 aromatic carbocycles. The molecule has 0 spiro atoms. The number of rotatable bonds is 13. The molecule has 0 bridgehead atoms. The average molecular weight is 812 g/mol. The second-order valence-electron chi connectivity index (χ2n) is 16.6. The number of aromatic amines is 1. The highest BCUT2D eigenvalue weighted by atomic mass is 16.6. The Bertz CT molecular complexity index is 2130. The van der Waals surface area contributed by atoms with Gasteiger partial charge in [-0.1, -0.05) is 12.1 Å². The van der Waals surface area contributed by atoms with Gasteiger partial charge in [-0.05, 0) is 122 Å². The van der Waals surface area contributed by atoms with Crippen LogP contribution in [-0.2, 0) is 20.8 Å². The number of H-pyrrole nitrogens is 1. The first-order valence-electron chi connectivity index (χ1n) is 20.0. The molecule has 0 unspecified atom stereocenters. The molecule has 15 heteroatoms. The number of nitrogens with zero attached hydrogens (tertiary/aromatic N) is 4. The zero-order valence-corrected chi connectivity index (χ0v) is 35.4.